The van der Waals surface area contributed by atoms with Gasteiger partial charge in [0.05, 0.1) is 11.3 Å². The summed E-state index contributed by atoms with van der Waals surface area (Å²) < 4.78 is 4.92. The van der Waals surface area contributed by atoms with Crippen molar-refractivity contribution in [2.75, 3.05) is 25.4 Å². The first kappa shape index (κ1) is 9.48. The van der Waals surface area contributed by atoms with Gasteiger partial charge < -0.3 is 15.4 Å². The van der Waals surface area contributed by atoms with E-state index in [1.165, 1.54) is 0 Å². The van der Waals surface area contributed by atoms with Crippen molar-refractivity contribution in [2.24, 2.45) is 0 Å². The number of nitrogens with two attached hydrogens (primary N) is 1. The van der Waals surface area contributed by atoms with E-state index >= 15 is 0 Å². The Morgan fingerprint density at radius 2 is 2.43 bits per heavy atom. The second kappa shape index (κ2) is 3.98. The molecule has 0 saturated heterocycles. The van der Waals surface area contributed by atoms with Gasteiger partial charge in [-0.25, -0.2) is 0 Å². The summed E-state index contributed by atoms with van der Waals surface area (Å²) >= 11 is 0. The van der Waals surface area contributed by atoms with Crippen LogP contribution in [0.25, 0.3) is 0 Å². The van der Waals surface area contributed by atoms with Gasteiger partial charge in [0, 0.05) is 32.7 Å². The molecule has 5 heteroatoms. The largest absolute Gasteiger partial charge is 0.396 e. The Bertz CT molecular complexity index is 311. The van der Waals surface area contributed by atoms with E-state index in [2.05, 4.69) is 10.1 Å². The van der Waals surface area contributed by atoms with Gasteiger partial charge in [0.25, 0.3) is 0 Å². The van der Waals surface area contributed by atoms with Crippen molar-refractivity contribution in [1.29, 1.82) is 0 Å². The Morgan fingerprint density at radius 1 is 1.57 bits per heavy atom. The van der Waals surface area contributed by atoms with E-state index in [1.807, 2.05) is 0 Å². The molecule has 0 atom stereocenters. The first-order valence-corrected chi connectivity index (χ1v) is 4.87. The average Bonchev–Trinajstić information content (AvgIpc) is 2.57. The number of hydrogen-bond donors (Lipinski definition) is 2. The molecule has 0 spiro atoms. The maximum absolute atomic E-state index is 8.72. The third kappa shape index (κ3) is 1.73. The molecular formula is C9H15N3O2. The average molecular weight is 197 g/mol. The predicted molar refractivity (Wildman–Crippen MR) is 51.6 cm³/mol. The van der Waals surface area contributed by atoms with Gasteiger partial charge >= 0.3 is 0 Å². The van der Waals surface area contributed by atoms with Crippen LogP contribution < -0.4 is 5.73 Å². The van der Waals surface area contributed by atoms with Crippen molar-refractivity contribution in [1.82, 2.24) is 10.1 Å². The number of hydrogen-bond acceptors (Lipinski definition) is 5. The Kier molecular flexibility index (Phi) is 2.69. The summed E-state index contributed by atoms with van der Waals surface area (Å²) in [5.74, 6) is 0.439. The topological polar surface area (TPSA) is 75.5 Å². The molecule has 1 aliphatic rings. The number of fused-ring (bicyclic) bond motifs is 1. The van der Waals surface area contributed by atoms with Crippen LogP contribution in [0.4, 0.5) is 5.88 Å². The minimum Gasteiger partial charge on any atom is -0.396 e. The molecule has 1 aromatic rings. The molecule has 0 amide bonds. The molecule has 0 radical (unpaired) electrons. The number of aliphatic hydroxyl groups excluding tert-OH is 1. The van der Waals surface area contributed by atoms with Crippen molar-refractivity contribution >= 4 is 5.88 Å². The Balaban J connectivity index is 2.01. The lowest BCUT2D eigenvalue weighted by atomic mass is 10.1. The minimum atomic E-state index is 0.239. The molecule has 0 bridgehead atoms. The second-order valence-corrected chi connectivity index (χ2v) is 3.58. The molecule has 78 valence electrons. The molecule has 1 aromatic heterocycles. The molecule has 0 fully saturated rings. The minimum absolute atomic E-state index is 0.239. The van der Waals surface area contributed by atoms with Crippen LogP contribution >= 0.6 is 0 Å². The highest BCUT2D eigenvalue weighted by Gasteiger charge is 2.21. The Morgan fingerprint density at radius 3 is 3.21 bits per heavy atom. The van der Waals surface area contributed by atoms with Gasteiger partial charge in [-0.15, -0.1) is 0 Å². The van der Waals surface area contributed by atoms with Gasteiger partial charge in [-0.05, 0) is 6.42 Å². The Labute approximate surface area is 82.5 Å². The summed E-state index contributed by atoms with van der Waals surface area (Å²) in [5, 5.41) is 12.6. The smallest absolute Gasteiger partial charge is 0.226 e. The van der Waals surface area contributed by atoms with Crippen molar-refractivity contribution < 1.29 is 9.63 Å². The fourth-order valence-electron chi connectivity index (χ4n) is 1.77. The van der Waals surface area contributed by atoms with E-state index in [0.29, 0.717) is 5.88 Å². The summed E-state index contributed by atoms with van der Waals surface area (Å²) in [6.45, 7) is 2.91. The molecular weight excluding hydrogens is 182 g/mol. The first-order chi connectivity index (χ1) is 6.81. The standard InChI is InChI=1S/C9H15N3O2/c10-9-7-6-12(3-1-5-13)4-2-8(7)11-14-9/h13H,1-6,10H2. The van der Waals surface area contributed by atoms with Crippen LogP contribution in [0.2, 0.25) is 0 Å². The van der Waals surface area contributed by atoms with Gasteiger partial charge in [-0.1, -0.05) is 5.16 Å². The molecule has 2 rings (SSSR count). The van der Waals surface area contributed by atoms with E-state index in [9.17, 15) is 0 Å². The van der Waals surface area contributed by atoms with E-state index in [1.54, 1.807) is 0 Å². The normalized spacial score (nSPS) is 16.9. The zero-order valence-corrected chi connectivity index (χ0v) is 8.07. The molecule has 3 N–H and O–H groups in total. The predicted octanol–water partition coefficient (Wildman–Crippen LogP) is -0.00270. The van der Waals surface area contributed by atoms with Gasteiger partial charge in [0.15, 0.2) is 0 Å². The van der Waals surface area contributed by atoms with Crippen LogP contribution in [0.15, 0.2) is 4.52 Å². The number of aliphatic hydroxyl groups is 1. The van der Waals surface area contributed by atoms with Crippen LogP contribution in [-0.4, -0.2) is 34.9 Å². The molecule has 2 heterocycles. The molecule has 1 aliphatic heterocycles. The van der Waals surface area contributed by atoms with Crippen LogP contribution in [0.1, 0.15) is 17.7 Å². The fraction of sp³-hybridized carbons (Fsp3) is 0.667. The summed E-state index contributed by atoms with van der Waals surface area (Å²) in [7, 11) is 0. The fourth-order valence-corrected chi connectivity index (χ4v) is 1.77. The molecule has 0 aliphatic carbocycles. The van der Waals surface area contributed by atoms with E-state index in [0.717, 1.165) is 43.7 Å². The van der Waals surface area contributed by atoms with Crippen molar-refractivity contribution in [3.05, 3.63) is 11.3 Å². The zero-order chi connectivity index (χ0) is 9.97. The molecule has 0 aromatic carbocycles. The van der Waals surface area contributed by atoms with E-state index < -0.39 is 0 Å². The number of aromatic nitrogens is 1. The van der Waals surface area contributed by atoms with Crippen molar-refractivity contribution in [3.8, 4) is 0 Å². The third-order valence-electron chi connectivity index (χ3n) is 2.58. The monoisotopic (exact) mass is 197 g/mol. The number of nitrogens with zero attached hydrogens (tertiary/aromatic N) is 2. The van der Waals surface area contributed by atoms with E-state index in [-0.39, 0.29) is 6.61 Å². The number of nitrogen functional groups attached to an aromatic ring is 1. The highest BCUT2D eigenvalue weighted by molar-refractivity contribution is 5.39. The molecule has 14 heavy (non-hydrogen) atoms. The van der Waals surface area contributed by atoms with Gasteiger partial charge in [-0.3, -0.25) is 4.90 Å². The summed E-state index contributed by atoms with van der Waals surface area (Å²) in [5.41, 5.74) is 7.66. The SMILES string of the molecule is Nc1onc2c1CN(CCCO)CC2. The highest BCUT2D eigenvalue weighted by atomic mass is 16.5. The van der Waals surface area contributed by atoms with Crippen LogP contribution in [0, 0.1) is 0 Å². The summed E-state index contributed by atoms with van der Waals surface area (Å²) in [6, 6.07) is 0. The van der Waals surface area contributed by atoms with Crippen LogP contribution in [0.5, 0.6) is 0 Å². The van der Waals surface area contributed by atoms with Crippen molar-refractivity contribution in [3.63, 3.8) is 0 Å². The molecule has 0 unspecified atom stereocenters. The lowest BCUT2D eigenvalue weighted by Gasteiger charge is -2.25. The quantitative estimate of drug-likeness (QED) is 0.713. The Hall–Kier alpha value is -1.07. The maximum Gasteiger partial charge on any atom is 0.226 e. The maximum atomic E-state index is 8.72. The van der Waals surface area contributed by atoms with Crippen LogP contribution in [-0.2, 0) is 13.0 Å². The highest BCUT2D eigenvalue weighted by Crippen LogP contribution is 2.23. The van der Waals surface area contributed by atoms with E-state index in [4.69, 9.17) is 15.4 Å². The van der Waals surface area contributed by atoms with Crippen molar-refractivity contribution in [2.45, 2.75) is 19.4 Å². The van der Waals surface area contributed by atoms with Gasteiger partial charge in [-0.2, -0.15) is 0 Å². The zero-order valence-electron chi connectivity index (χ0n) is 8.07. The second-order valence-electron chi connectivity index (χ2n) is 3.58. The van der Waals surface area contributed by atoms with Crippen LogP contribution in [0.3, 0.4) is 0 Å². The number of rotatable bonds is 3. The first-order valence-electron chi connectivity index (χ1n) is 4.87. The third-order valence-corrected chi connectivity index (χ3v) is 2.58. The lowest BCUT2D eigenvalue weighted by molar-refractivity contribution is 0.212. The summed E-state index contributed by atoms with van der Waals surface area (Å²) in [6.07, 6.45) is 1.70. The van der Waals surface area contributed by atoms with Gasteiger partial charge in [0.1, 0.15) is 0 Å². The molecule has 0 saturated carbocycles. The lowest BCUT2D eigenvalue weighted by Crippen LogP contribution is -2.31. The number of anilines is 1. The van der Waals surface area contributed by atoms with Gasteiger partial charge in [0.2, 0.25) is 5.88 Å². The molecule has 5 nitrogen and oxygen atoms in total. The summed E-state index contributed by atoms with van der Waals surface area (Å²) in [4.78, 5) is 2.26.